The van der Waals surface area contributed by atoms with E-state index in [0.29, 0.717) is 16.4 Å². The lowest BCUT2D eigenvalue weighted by atomic mass is 9.94. The first-order valence-corrected chi connectivity index (χ1v) is 10.4. The highest BCUT2D eigenvalue weighted by atomic mass is 35.5. The van der Waals surface area contributed by atoms with E-state index in [2.05, 4.69) is 16.3 Å². The number of carbonyl (C=O) groups excluding carboxylic acids is 1. The molecule has 2 fully saturated rings. The van der Waals surface area contributed by atoms with Crippen LogP contribution in [-0.4, -0.2) is 55.6 Å². The Balaban J connectivity index is 1.47. The lowest BCUT2D eigenvalue weighted by Gasteiger charge is -2.30. The largest absolute Gasteiger partial charge is 0.336 e. The number of benzene rings is 1. The highest BCUT2D eigenvalue weighted by Gasteiger charge is 2.48. The maximum absolute atomic E-state index is 13.3. The molecule has 0 spiro atoms. The van der Waals surface area contributed by atoms with Crippen molar-refractivity contribution >= 4 is 28.4 Å². The van der Waals surface area contributed by atoms with Gasteiger partial charge in [-0.3, -0.25) is 4.79 Å². The van der Waals surface area contributed by atoms with Gasteiger partial charge in [0.2, 0.25) is 0 Å². The molecule has 3 atom stereocenters. The van der Waals surface area contributed by atoms with Crippen molar-refractivity contribution in [2.45, 2.75) is 44.3 Å². The number of nitriles is 1. The molecular formula is C22H21ClN6O. The third-order valence-corrected chi connectivity index (χ3v) is 6.73. The second-order valence-electron chi connectivity index (χ2n) is 8.11. The Labute approximate surface area is 179 Å². The van der Waals surface area contributed by atoms with Gasteiger partial charge in [-0.15, -0.1) is 0 Å². The van der Waals surface area contributed by atoms with E-state index in [4.69, 9.17) is 11.6 Å². The summed E-state index contributed by atoms with van der Waals surface area (Å²) in [5.41, 5.74) is 2.15. The van der Waals surface area contributed by atoms with E-state index in [0.717, 1.165) is 35.9 Å². The summed E-state index contributed by atoms with van der Waals surface area (Å²) in [6.45, 7) is 1.93. The Kier molecular flexibility index (Phi) is 4.40. The maximum atomic E-state index is 13.3. The van der Waals surface area contributed by atoms with Crippen molar-refractivity contribution in [1.82, 2.24) is 24.6 Å². The minimum atomic E-state index is -0.126. The summed E-state index contributed by atoms with van der Waals surface area (Å²) in [6.07, 6.45) is 6.83. The molecular weight excluding hydrogens is 400 g/mol. The normalized spacial score (nSPS) is 22.5. The molecule has 4 heterocycles. The average Bonchev–Trinajstić information content (AvgIpc) is 3.44. The number of amides is 1. The molecule has 7 nitrogen and oxygen atoms in total. The van der Waals surface area contributed by atoms with Crippen molar-refractivity contribution in [3.63, 3.8) is 0 Å². The van der Waals surface area contributed by atoms with Crippen LogP contribution in [0.4, 0.5) is 0 Å². The SMILES string of the molecule is Cc1cccc(-n2ncc3cc(C(=O)N(C)[C@@H]4C[C@@H]5CC[C@H]4N5C#N)c(Cl)cc32)n1. The van der Waals surface area contributed by atoms with Crippen LogP contribution in [0.2, 0.25) is 5.02 Å². The lowest BCUT2D eigenvalue weighted by Crippen LogP contribution is -2.44. The van der Waals surface area contributed by atoms with Gasteiger partial charge in [0.25, 0.3) is 5.91 Å². The Morgan fingerprint density at radius 3 is 2.90 bits per heavy atom. The minimum Gasteiger partial charge on any atom is -0.336 e. The lowest BCUT2D eigenvalue weighted by molar-refractivity contribution is 0.0700. The first-order valence-electron chi connectivity index (χ1n) is 10.0. The molecule has 0 radical (unpaired) electrons. The van der Waals surface area contributed by atoms with Gasteiger partial charge < -0.3 is 9.80 Å². The van der Waals surface area contributed by atoms with Gasteiger partial charge in [0, 0.05) is 24.2 Å². The first-order chi connectivity index (χ1) is 14.5. The monoisotopic (exact) mass is 420 g/mol. The number of aromatic nitrogens is 3. The second-order valence-corrected chi connectivity index (χ2v) is 8.52. The standard InChI is InChI=1S/C22H21ClN6O/c1-13-4-3-5-21(26-13)29-19-10-17(23)16(8-14(19)11-25-29)22(30)27(2)20-9-15-6-7-18(20)28(15)12-24/h3-5,8,10-11,15,18,20H,6-7,9H2,1-2H3/t15-,18+,20+/m0/s1. The number of rotatable bonds is 3. The van der Waals surface area contributed by atoms with Gasteiger partial charge in [-0.2, -0.15) is 10.4 Å². The summed E-state index contributed by atoms with van der Waals surface area (Å²) in [6, 6.07) is 9.70. The molecule has 2 aliphatic heterocycles. The number of halogens is 1. The molecule has 0 unspecified atom stereocenters. The van der Waals surface area contributed by atoms with Gasteiger partial charge in [0.05, 0.1) is 34.4 Å². The molecule has 2 aromatic heterocycles. The summed E-state index contributed by atoms with van der Waals surface area (Å²) in [5.74, 6) is 0.578. The van der Waals surface area contributed by atoms with E-state index >= 15 is 0 Å². The predicted molar refractivity (Wildman–Crippen MR) is 113 cm³/mol. The van der Waals surface area contributed by atoms with Crippen LogP contribution in [0.1, 0.15) is 35.3 Å². The number of pyridine rings is 1. The third kappa shape index (κ3) is 2.83. The van der Waals surface area contributed by atoms with Crippen molar-refractivity contribution in [3.8, 4) is 12.0 Å². The van der Waals surface area contributed by atoms with E-state index in [1.165, 1.54) is 0 Å². The van der Waals surface area contributed by atoms with Crippen molar-refractivity contribution in [2.75, 3.05) is 7.05 Å². The van der Waals surface area contributed by atoms with Crippen LogP contribution in [0.15, 0.2) is 36.5 Å². The van der Waals surface area contributed by atoms with Crippen LogP contribution in [0, 0.1) is 18.4 Å². The molecule has 3 aromatic rings. The fourth-order valence-electron chi connectivity index (χ4n) is 4.91. The number of aryl methyl sites for hydroxylation is 1. The van der Waals surface area contributed by atoms with Gasteiger partial charge in [-0.25, -0.2) is 9.67 Å². The molecule has 0 N–H and O–H groups in total. The van der Waals surface area contributed by atoms with E-state index < -0.39 is 0 Å². The summed E-state index contributed by atoms with van der Waals surface area (Å²) in [4.78, 5) is 21.4. The highest BCUT2D eigenvalue weighted by Crippen LogP contribution is 2.40. The molecule has 1 aromatic carbocycles. The maximum Gasteiger partial charge on any atom is 0.255 e. The van der Waals surface area contributed by atoms with Gasteiger partial charge in [0.1, 0.15) is 0 Å². The first kappa shape index (κ1) is 18.9. The fraction of sp³-hybridized carbons (Fsp3) is 0.364. The van der Waals surface area contributed by atoms with Crippen molar-refractivity contribution in [2.24, 2.45) is 0 Å². The number of nitrogens with zero attached hydrogens (tertiary/aromatic N) is 6. The molecule has 2 saturated heterocycles. The topological polar surface area (TPSA) is 78.0 Å². The molecule has 5 rings (SSSR count). The zero-order chi connectivity index (χ0) is 21.0. The molecule has 2 aliphatic rings. The number of hydrogen-bond donors (Lipinski definition) is 0. The van der Waals surface area contributed by atoms with E-state index in [-0.39, 0.29) is 24.0 Å². The van der Waals surface area contributed by atoms with Crippen LogP contribution in [0.5, 0.6) is 0 Å². The average molecular weight is 421 g/mol. The summed E-state index contributed by atoms with van der Waals surface area (Å²) < 4.78 is 1.73. The molecule has 152 valence electrons. The summed E-state index contributed by atoms with van der Waals surface area (Å²) in [7, 11) is 1.81. The van der Waals surface area contributed by atoms with Crippen molar-refractivity contribution < 1.29 is 4.79 Å². The molecule has 0 saturated carbocycles. The molecule has 8 heteroatoms. The van der Waals surface area contributed by atoms with Crippen molar-refractivity contribution in [3.05, 3.63) is 52.8 Å². The molecule has 2 bridgehead atoms. The van der Waals surface area contributed by atoms with E-state index in [9.17, 15) is 10.1 Å². The molecule has 0 aliphatic carbocycles. The van der Waals surface area contributed by atoms with E-state index in [1.807, 2.05) is 37.1 Å². The Bertz CT molecular complexity index is 1200. The van der Waals surface area contributed by atoms with Gasteiger partial charge >= 0.3 is 0 Å². The Morgan fingerprint density at radius 1 is 1.33 bits per heavy atom. The van der Waals surface area contributed by atoms with Crippen LogP contribution in [0.3, 0.4) is 0 Å². The molecule has 1 amide bonds. The third-order valence-electron chi connectivity index (χ3n) is 6.42. The zero-order valence-corrected chi connectivity index (χ0v) is 17.5. The van der Waals surface area contributed by atoms with Gasteiger partial charge in [-0.05, 0) is 50.5 Å². The highest BCUT2D eigenvalue weighted by molar-refractivity contribution is 6.34. The van der Waals surface area contributed by atoms with Gasteiger partial charge in [-0.1, -0.05) is 17.7 Å². The van der Waals surface area contributed by atoms with Gasteiger partial charge in [0.15, 0.2) is 12.0 Å². The van der Waals surface area contributed by atoms with E-state index in [1.54, 1.807) is 27.9 Å². The number of hydrogen-bond acceptors (Lipinski definition) is 5. The summed E-state index contributed by atoms with van der Waals surface area (Å²) >= 11 is 6.56. The fourth-order valence-corrected chi connectivity index (χ4v) is 5.15. The van der Waals surface area contributed by atoms with Crippen LogP contribution < -0.4 is 0 Å². The van der Waals surface area contributed by atoms with Crippen LogP contribution >= 0.6 is 11.6 Å². The minimum absolute atomic E-state index is 0.0295. The smallest absolute Gasteiger partial charge is 0.255 e. The Hall–Kier alpha value is -3.11. The molecule has 30 heavy (non-hydrogen) atoms. The van der Waals surface area contributed by atoms with Crippen molar-refractivity contribution in [1.29, 1.82) is 5.26 Å². The Morgan fingerprint density at radius 2 is 2.17 bits per heavy atom. The quantitative estimate of drug-likeness (QED) is 0.605. The predicted octanol–water partition coefficient (Wildman–Crippen LogP) is 3.54. The number of carbonyl (C=O) groups is 1. The summed E-state index contributed by atoms with van der Waals surface area (Å²) in [5, 5.41) is 15.1. The number of fused-ring (bicyclic) bond motifs is 3. The second kappa shape index (κ2) is 6.99. The van der Waals surface area contributed by atoms with Crippen LogP contribution in [0.25, 0.3) is 16.7 Å². The van der Waals surface area contributed by atoms with Crippen LogP contribution in [-0.2, 0) is 0 Å². The zero-order valence-electron chi connectivity index (χ0n) is 16.8. The number of likely N-dealkylation sites (N-methyl/N-ethyl adjacent to an activating group) is 1.